The highest BCUT2D eigenvalue weighted by molar-refractivity contribution is 5.60. The summed E-state index contributed by atoms with van der Waals surface area (Å²) in [4.78, 5) is 4.12. The number of halogens is 5. The van der Waals surface area contributed by atoms with E-state index in [0.717, 1.165) is 19.1 Å². The maximum atomic E-state index is 13.2. The summed E-state index contributed by atoms with van der Waals surface area (Å²) in [5.41, 5.74) is 1.14. The van der Waals surface area contributed by atoms with E-state index >= 15 is 0 Å². The average Bonchev–Trinajstić information content (AvgIpc) is 2.87. The molecule has 0 aliphatic carbocycles. The number of fused-ring (bicyclic) bond motifs is 1. The third kappa shape index (κ3) is 4.20. The number of aromatic nitrogens is 4. The van der Waals surface area contributed by atoms with Crippen LogP contribution in [-0.2, 0) is 6.42 Å². The molecule has 3 aromatic rings. The molecule has 0 spiro atoms. The van der Waals surface area contributed by atoms with Crippen molar-refractivity contribution in [1.29, 1.82) is 0 Å². The van der Waals surface area contributed by atoms with E-state index in [4.69, 9.17) is 0 Å². The molecular weight excluding hydrogens is 347 g/mol. The van der Waals surface area contributed by atoms with Crippen molar-refractivity contribution >= 4 is 5.65 Å². The zero-order valence-corrected chi connectivity index (χ0v) is 12.8. The molecule has 25 heavy (non-hydrogen) atoms. The molecule has 0 saturated carbocycles. The Morgan fingerprint density at radius 3 is 2.32 bits per heavy atom. The van der Waals surface area contributed by atoms with Crippen LogP contribution >= 0.6 is 0 Å². The van der Waals surface area contributed by atoms with Crippen LogP contribution in [0.4, 0.5) is 22.0 Å². The summed E-state index contributed by atoms with van der Waals surface area (Å²) in [6, 6.07) is 5.05. The molecular formula is C15H11F5N4O. The Morgan fingerprint density at radius 2 is 1.72 bits per heavy atom. The minimum absolute atomic E-state index is 0.0585. The largest absolute Gasteiger partial charge is 0.573 e. The average molecular weight is 358 g/mol. The van der Waals surface area contributed by atoms with Gasteiger partial charge in [-0.2, -0.15) is 0 Å². The molecule has 0 amide bonds. The molecule has 0 atom stereocenters. The molecule has 132 valence electrons. The van der Waals surface area contributed by atoms with Crippen LogP contribution in [0.3, 0.4) is 0 Å². The summed E-state index contributed by atoms with van der Waals surface area (Å²) < 4.78 is 68.1. The second-order valence-corrected chi connectivity index (χ2v) is 5.44. The third-order valence-corrected chi connectivity index (χ3v) is 3.22. The highest BCUT2D eigenvalue weighted by Crippen LogP contribution is 2.26. The van der Waals surface area contributed by atoms with E-state index in [9.17, 15) is 22.0 Å². The van der Waals surface area contributed by atoms with E-state index in [1.807, 2.05) is 0 Å². The molecule has 0 bridgehead atoms. The lowest BCUT2D eigenvalue weighted by atomic mass is 10.1. The van der Waals surface area contributed by atoms with Crippen LogP contribution in [0.25, 0.3) is 16.9 Å². The molecule has 2 aromatic heterocycles. The van der Waals surface area contributed by atoms with Gasteiger partial charge in [0.05, 0.1) is 18.3 Å². The summed E-state index contributed by atoms with van der Waals surface area (Å²) in [5, 5.41) is 7.48. The fraction of sp³-hybridized carbons (Fsp3) is 0.267. The fourth-order valence-electron chi connectivity index (χ4n) is 2.22. The molecule has 0 aliphatic heterocycles. The first-order valence-electron chi connectivity index (χ1n) is 7.04. The number of hydrogen-bond acceptors (Lipinski definition) is 4. The van der Waals surface area contributed by atoms with Crippen molar-refractivity contribution < 1.29 is 26.7 Å². The van der Waals surface area contributed by atoms with Gasteiger partial charge >= 0.3 is 6.36 Å². The number of rotatable bonds is 4. The zero-order chi connectivity index (χ0) is 18.2. The van der Waals surface area contributed by atoms with Gasteiger partial charge in [-0.3, -0.25) is 9.38 Å². The summed E-state index contributed by atoms with van der Waals surface area (Å²) in [7, 11) is 0. The number of hydrogen-bond donors (Lipinski definition) is 0. The second kappa shape index (κ2) is 5.94. The third-order valence-electron chi connectivity index (χ3n) is 3.22. The summed E-state index contributed by atoms with van der Waals surface area (Å²) in [5.74, 6) is -3.26. The quantitative estimate of drug-likeness (QED) is 0.664. The van der Waals surface area contributed by atoms with E-state index < -0.39 is 18.7 Å². The lowest BCUT2D eigenvalue weighted by Crippen LogP contribution is -2.17. The Balaban J connectivity index is 1.92. The Kier molecular flexibility index (Phi) is 4.05. The molecule has 5 nitrogen and oxygen atoms in total. The molecule has 0 aliphatic rings. The van der Waals surface area contributed by atoms with Gasteiger partial charge in [-0.15, -0.1) is 23.4 Å². The highest BCUT2D eigenvalue weighted by Gasteiger charge is 2.31. The van der Waals surface area contributed by atoms with Gasteiger partial charge in [0.25, 0.3) is 5.92 Å². The van der Waals surface area contributed by atoms with Gasteiger partial charge in [-0.05, 0) is 31.2 Å². The number of alkyl halides is 5. The number of ether oxygens (including phenoxy) is 1. The minimum atomic E-state index is -4.78. The van der Waals surface area contributed by atoms with Crippen LogP contribution in [0.1, 0.15) is 12.7 Å². The van der Waals surface area contributed by atoms with Gasteiger partial charge in [0, 0.05) is 11.8 Å². The Hall–Kier alpha value is -2.78. The highest BCUT2D eigenvalue weighted by atomic mass is 19.4. The Morgan fingerprint density at radius 1 is 1.04 bits per heavy atom. The van der Waals surface area contributed by atoms with Crippen LogP contribution in [0, 0.1) is 0 Å². The monoisotopic (exact) mass is 358 g/mol. The van der Waals surface area contributed by atoms with Crippen LogP contribution in [0.2, 0.25) is 0 Å². The maximum absolute atomic E-state index is 13.2. The van der Waals surface area contributed by atoms with Crippen molar-refractivity contribution in [2.24, 2.45) is 0 Å². The first-order chi connectivity index (χ1) is 11.6. The molecule has 0 saturated heterocycles. The second-order valence-electron chi connectivity index (χ2n) is 5.44. The number of benzene rings is 1. The Bertz CT molecular complexity index is 884. The summed E-state index contributed by atoms with van der Waals surface area (Å²) in [6.45, 7) is 0.773. The van der Waals surface area contributed by atoms with E-state index in [1.165, 1.54) is 28.9 Å². The first-order valence-corrected chi connectivity index (χ1v) is 7.04. The SMILES string of the molecule is CC(F)(F)Cc1nnc2cnc(-c3ccc(OC(F)(F)F)cc3)cn12. The van der Waals surface area contributed by atoms with Crippen molar-refractivity contribution in [3.63, 3.8) is 0 Å². The van der Waals surface area contributed by atoms with E-state index in [0.29, 0.717) is 16.9 Å². The van der Waals surface area contributed by atoms with Crippen LogP contribution in [0.5, 0.6) is 5.75 Å². The van der Waals surface area contributed by atoms with Crippen molar-refractivity contribution in [2.45, 2.75) is 25.6 Å². The molecule has 1 aromatic carbocycles. The summed E-state index contributed by atoms with van der Waals surface area (Å²) >= 11 is 0. The zero-order valence-electron chi connectivity index (χ0n) is 12.8. The predicted octanol–water partition coefficient (Wildman–Crippen LogP) is 3.89. The Labute approximate surface area is 138 Å². The normalized spacial score (nSPS) is 12.6. The van der Waals surface area contributed by atoms with Gasteiger partial charge in [-0.1, -0.05) is 0 Å². The molecule has 0 unspecified atom stereocenters. The van der Waals surface area contributed by atoms with Gasteiger partial charge < -0.3 is 4.74 Å². The molecule has 2 heterocycles. The number of nitrogens with zero attached hydrogens (tertiary/aromatic N) is 4. The maximum Gasteiger partial charge on any atom is 0.573 e. The molecule has 3 rings (SSSR count). The van der Waals surface area contributed by atoms with Crippen LogP contribution in [0.15, 0.2) is 36.7 Å². The minimum Gasteiger partial charge on any atom is -0.406 e. The molecule has 0 fully saturated rings. The molecule has 0 radical (unpaired) electrons. The van der Waals surface area contributed by atoms with Crippen molar-refractivity contribution in [1.82, 2.24) is 19.6 Å². The molecule has 10 heteroatoms. The van der Waals surface area contributed by atoms with E-state index in [1.54, 1.807) is 0 Å². The fourth-order valence-corrected chi connectivity index (χ4v) is 2.22. The standard InChI is InChI=1S/C15H11F5N4O/c1-14(16,17)6-12-22-23-13-7-21-11(8-24(12)13)9-2-4-10(5-3-9)25-15(18,19)20/h2-5,7-8H,6H2,1H3. The van der Waals surface area contributed by atoms with Crippen LogP contribution in [-0.4, -0.2) is 31.9 Å². The predicted molar refractivity (Wildman–Crippen MR) is 77.2 cm³/mol. The van der Waals surface area contributed by atoms with Crippen LogP contribution < -0.4 is 4.74 Å². The van der Waals surface area contributed by atoms with E-state index in [2.05, 4.69) is 19.9 Å². The lowest BCUT2D eigenvalue weighted by Gasteiger charge is -2.10. The summed E-state index contributed by atoms with van der Waals surface area (Å²) in [6.07, 6.45) is -2.58. The van der Waals surface area contributed by atoms with Crippen molar-refractivity contribution in [3.05, 3.63) is 42.5 Å². The topological polar surface area (TPSA) is 52.3 Å². The molecule has 0 N–H and O–H groups in total. The van der Waals surface area contributed by atoms with E-state index in [-0.39, 0.29) is 11.6 Å². The van der Waals surface area contributed by atoms with Gasteiger partial charge in [-0.25, -0.2) is 8.78 Å². The van der Waals surface area contributed by atoms with Crippen molar-refractivity contribution in [3.8, 4) is 17.0 Å². The van der Waals surface area contributed by atoms with Gasteiger partial charge in [0.1, 0.15) is 11.6 Å². The lowest BCUT2D eigenvalue weighted by molar-refractivity contribution is -0.274. The van der Waals surface area contributed by atoms with Gasteiger partial charge in [0.2, 0.25) is 0 Å². The van der Waals surface area contributed by atoms with Crippen molar-refractivity contribution in [2.75, 3.05) is 0 Å². The van der Waals surface area contributed by atoms with Gasteiger partial charge in [0.15, 0.2) is 5.65 Å². The first kappa shape index (κ1) is 17.1. The smallest absolute Gasteiger partial charge is 0.406 e.